The second-order valence-electron chi connectivity index (χ2n) is 6.55. The summed E-state index contributed by atoms with van der Waals surface area (Å²) >= 11 is 6.46. The largest absolute Gasteiger partial charge is 0.490 e. The molecule has 0 fully saturated rings. The van der Waals surface area contributed by atoms with E-state index in [2.05, 4.69) is 5.32 Å². The van der Waals surface area contributed by atoms with Gasteiger partial charge in [-0.15, -0.1) is 0 Å². The Balaban J connectivity index is 1.93. The minimum absolute atomic E-state index is 0.275. The Kier molecular flexibility index (Phi) is 9.46. The van der Waals surface area contributed by atoms with Crippen molar-refractivity contribution in [3.8, 4) is 11.5 Å². The second-order valence-corrected chi connectivity index (χ2v) is 6.95. The van der Waals surface area contributed by atoms with Crippen molar-refractivity contribution in [3.05, 3.63) is 58.6 Å². The fraction of sp³-hybridized carbons (Fsp3) is 0.455. The van der Waals surface area contributed by atoms with Crippen molar-refractivity contribution in [1.82, 2.24) is 5.32 Å². The molecule has 0 saturated carbocycles. The maximum absolute atomic E-state index is 6.46. The molecule has 0 bridgehead atoms. The lowest BCUT2D eigenvalue weighted by atomic mass is 10.2. The van der Waals surface area contributed by atoms with Crippen molar-refractivity contribution in [3.63, 3.8) is 0 Å². The van der Waals surface area contributed by atoms with E-state index in [0.717, 1.165) is 36.4 Å². The lowest BCUT2D eigenvalue weighted by Gasteiger charge is -2.15. The van der Waals surface area contributed by atoms with E-state index in [9.17, 15) is 0 Å². The van der Waals surface area contributed by atoms with Crippen LogP contribution in [-0.4, -0.2) is 25.9 Å². The Morgan fingerprint density at radius 3 is 2.48 bits per heavy atom. The smallest absolute Gasteiger partial charge is 0.163 e. The Morgan fingerprint density at radius 2 is 1.78 bits per heavy atom. The molecule has 0 radical (unpaired) electrons. The summed E-state index contributed by atoms with van der Waals surface area (Å²) in [4.78, 5) is 0. The Labute approximate surface area is 167 Å². The van der Waals surface area contributed by atoms with Gasteiger partial charge in [-0.05, 0) is 50.9 Å². The number of rotatable bonds is 12. The molecule has 0 unspecified atom stereocenters. The summed E-state index contributed by atoms with van der Waals surface area (Å²) in [5, 5.41) is 4.08. The van der Waals surface area contributed by atoms with E-state index in [1.54, 1.807) is 0 Å². The van der Waals surface area contributed by atoms with E-state index < -0.39 is 0 Å². The van der Waals surface area contributed by atoms with E-state index in [1.165, 1.54) is 0 Å². The molecule has 0 amide bonds. The average Bonchev–Trinajstić information content (AvgIpc) is 2.66. The van der Waals surface area contributed by atoms with Gasteiger partial charge < -0.3 is 19.5 Å². The first-order valence-corrected chi connectivity index (χ1v) is 9.92. The molecule has 0 aromatic heterocycles. The number of hydrogen-bond acceptors (Lipinski definition) is 4. The van der Waals surface area contributed by atoms with Crippen molar-refractivity contribution in [2.24, 2.45) is 0 Å². The minimum atomic E-state index is 0.275. The first kappa shape index (κ1) is 21.5. The maximum atomic E-state index is 6.46. The van der Waals surface area contributed by atoms with Crippen LogP contribution >= 0.6 is 11.6 Å². The van der Waals surface area contributed by atoms with E-state index in [4.69, 9.17) is 25.8 Å². The highest BCUT2D eigenvalue weighted by Gasteiger charge is 2.11. The van der Waals surface area contributed by atoms with Gasteiger partial charge in [0.25, 0.3) is 0 Å². The van der Waals surface area contributed by atoms with Crippen LogP contribution in [0, 0.1) is 0 Å². The van der Waals surface area contributed by atoms with E-state index >= 15 is 0 Å². The predicted molar refractivity (Wildman–Crippen MR) is 111 cm³/mol. The molecule has 0 spiro atoms. The first-order valence-electron chi connectivity index (χ1n) is 9.54. The fourth-order valence-corrected chi connectivity index (χ4v) is 2.79. The molecule has 2 rings (SSSR count). The lowest BCUT2D eigenvalue weighted by Crippen LogP contribution is -2.17. The molecule has 0 heterocycles. The van der Waals surface area contributed by atoms with Gasteiger partial charge in [-0.1, -0.05) is 41.9 Å². The molecule has 0 aliphatic heterocycles. The van der Waals surface area contributed by atoms with Crippen LogP contribution in [0.2, 0.25) is 5.02 Å². The molecule has 0 aliphatic rings. The van der Waals surface area contributed by atoms with Crippen LogP contribution in [-0.2, 0) is 17.9 Å². The van der Waals surface area contributed by atoms with Gasteiger partial charge in [0, 0.05) is 24.2 Å². The highest BCUT2D eigenvalue weighted by molar-refractivity contribution is 6.31. The summed E-state index contributed by atoms with van der Waals surface area (Å²) in [5.74, 6) is 1.39. The number of halogens is 1. The topological polar surface area (TPSA) is 39.7 Å². The van der Waals surface area contributed by atoms with Crippen LogP contribution in [0.4, 0.5) is 0 Å². The van der Waals surface area contributed by atoms with Crippen molar-refractivity contribution in [1.29, 1.82) is 0 Å². The zero-order valence-corrected chi connectivity index (χ0v) is 17.2. The average molecular weight is 392 g/mol. The lowest BCUT2D eigenvalue weighted by molar-refractivity contribution is 0.0770. The van der Waals surface area contributed by atoms with Gasteiger partial charge in [-0.25, -0.2) is 0 Å². The van der Waals surface area contributed by atoms with Gasteiger partial charge in [0.05, 0.1) is 12.7 Å². The first-order chi connectivity index (χ1) is 13.1. The van der Waals surface area contributed by atoms with E-state index in [-0.39, 0.29) is 6.10 Å². The van der Waals surface area contributed by atoms with Gasteiger partial charge >= 0.3 is 0 Å². The third kappa shape index (κ3) is 7.79. The Morgan fingerprint density at radius 1 is 1.04 bits per heavy atom. The van der Waals surface area contributed by atoms with Crippen LogP contribution in [0.25, 0.3) is 0 Å². The van der Waals surface area contributed by atoms with Gasteiger partial charge in [-0.3, -0.25) is 0 Å². The van der Waals surface area contributed by atoms with Crippen molar-refractivity contribution in [2.45, 2.75) is 46.4 Å². The molecule has 0 saturated heterocycles. The number of benzene rings is 2. The Bertz CT molecular complexity index is 677. The second kappa shape index (κ2) is 11.9. The van der Waals surface area contributed by atoms with Gasteiger partial charge in [0.2, 0.25) is 0 Å². The fourth-order valence-electron chi connectivity index (χ4n) is 2.57. The van der Waals surface area contributed by atoms with Crippen LogP contribution < -0.4 is 14.8 Å². The standard InChI is InChI=1S/C22H30ClNO3/c1-4-25-21-13-19(15-24-11-8-12-26-17(2)3)20(23)14-22(21)27-16-18-9-6-5-7-10-18/h5-7,9-10,13-14,17,24H,4,8,11-12,15-16H2,1-3H3. The highest BCUT2D eigenvalue weighted by Crippen LogP contribution is 2.34. The highest BCUT2D eigenvalue weighted by atomic mass is 35.5. The van der Waals surface area contributed by atoms with Crippen molar-refractivity contribution >= 4 is 11.6 Å². The zero-order valence-electron chi connectivity index (χ0n) is 16.5. The summed E-state index contributed by atoms with van der Waals surface area (Å²) in [7, 11) is 0. The molecule has 0 aliphatic carbocycles. The monoisotopic (exact) mass is 391 g/mol. The summed E-state index contributed by atoms with van der Waals surface area (Å²) in [6, 6.07) is 13.8. The van der Waals surface area contributed by atoms with Crippen molar-refractivity contribution < 1.29 is 14.2 Å². The molecule has 1 N–H and O–H groups in total. The minimum Gasteiger partial charge on any atom is -0.490 e. The molecular formula is C22H30ClNO3. The van der Waals surface area contributed by atoms with Crippen molar-refractivity contribution in [2.75, 3.05) is 19.8 Å². The molecular weight excluding hydrogens is 362 g/mol. The summed E-state index contributed by atoms with van der Waals surface area (Å²) in [6.07, 6.45) is 1.24. The molecule has 4 nitrogen and oxygen atoms in total. The summed E-state index contributed by atoms with van der Waals surface area (Å²) in [6.45, 7) is 9.41. The molecule has 2 aromatic rings. The summed E-state index contributed by atoms with van der Waals surface area (Å²) < 4.78 is 17.3. The third-order valence-corrected chi connectivity index (χ3v) is 4.27. The normalized spacial score (nSPS) is 11.0. The Hall–Kier alpha value is -1.75. The SMILES string of the molecule is CCOc1cc(CNCCCOC(C)C)c(Cl)cc1OCc1ccccc1. The van der Waals surface area contributed by atoms with Crippen LogP contribution in [0.1, 0.15) is 38.3 Å². The third-order valence-electron chi connectivity index (χ3n) is 3.91. The number of hydrogen-bond donors (Lipinski definition) is 1. The van der Waals surface area contributed by atoms with Gasteiger partial charge in [0.1, 0.15) is 6.61 Å². The van der Waals surface area contributed by atoms with Crippen LogP contribution in [0.5, 0.6) is 11.5 Å². The zero-order chi connectivity index (χ0) is 19.5. The van der Waals surface area contributed by atoms with E-state index in [0.29, 0.717) is 30.5 Å². The maximum Gasteiger partial charge on any atom is 0.163 e. The molecule has 148 valence electrons. The predicted octanol–water partition coefficient (Wildman–Crippen LogP) is 5.22. The molecule has 2 aromatic carbocycles. The van der Waals surface area contributed by atoms with Gasteiger partial charge in [0.15, 0.2) is 11.5 Å². The molecule has 5 heteroatoms. The number of nitrogens with one attached hydrogen (secondary N) is 1. The number of ether oxygens (including phenoxy) is 3. The molecule has 27 heavy (non-hydrogen) atoms. The van der Waals surface area contributed by atoms with Crippen LogP contribution in [0.3, 0.4) is 0 Å². The van der Waals surface area contributed by atoms with E-state index in [1.807, 2.05) is 63.2 Å². The summed E-state index contributed by atoms with van der Waals surface area (Å²) in [5.41, 5.74) is 2.10. The molecule has 0 atom stereocenters. The van der Waals surface area contributed by atoms with Crippen LogP contribution in [0.15, 0.2) is 42.5 Å². The van der Waals surface area contributed by atoms with Gasteiger partial charge in [-0.2, -0.15) is 0 Å². The quantitative estimate of drug-likeness (QED) is 0.503.